The van der Waals surface area contributed by atoms with Crippen LogP contribution in [0.15, 0.2) is 24.3 Å². The molecule has 2 saturated carbocycles. The van der Waals surface area contributed by atoms with Crippen molar-refractivity contribution in [3.63, 3.8) is 0 Å². The van der Waals surface area contributed by atoms with Gasteiger partial charge in [0, 0.05) is 29.6 Å². The molecule has 1 aromatic rings. The van der Waals surface area contributed by atoms with Crippen LogP contribution in [0.5, 0.6) is 0 Å². The van der Waals surface area contributed by atoms with Gasteiger partial charge in [0.15, 0.2) is 0 Å². The molecule has 2 N–H and O–H groups in total. The third-order valence-corrected chi connectivity index (χ3v) is 4.61. The molecule has 2 fully saturated rings. The summed E-state index contributed by atoms with van der Waals surface area (Å²) in [5, 5.41) is 0.736. The van der Waals surface area contributed by atoms with E-state index in [0.717, 1.165) is 42.7 Å². The summed E-state index contributed by atoms with van der Waals surface area (Å²) >= 11 is 5.91. The molecule has 2 aliphatic rings. The maximum Gasteiger partial charge on any atom is 0.226 e. The first kappa shape index (κ1) is 16.6. The van der Waals surface area contributed by atoms with Crippen LogP contribution in [0.3, 0.4) is 0 Å². The Balaban J connectivity index is 0.00000161. The summed E-state index contributed by atoms with van der Waals surface area (Å²) in [6.07, 6.45) is 5.05. The number of rotatable bonds is 4. The van der Waals surface area contributed by atoms with Gasteiger partial charge in [-0.2, -0.15) is 0 Å². The van der Waals surface area contributed by atoms with E-state index in [1.807, 2.05) is 24.3 Å². The van der Waals surface area contributed by atoms with Crippen molar-refractivity contribution in [2.45, 2.75) is 50.7 Å². The second-order valence-corrected chi connectivity index (χ2v) is 6.53. The van der Waals surface area contributed by atoms with Crippen LogP contribution in [0, 0.1) is 5.92 Å². The van der Waals surface area contributed by atoms with Crippen molar-refractivity contribution in [3.8, 4) is 0 Å². The molecule has 1 aromatic carbocycles. The zero-order chi connectivity index (χ0) is 14.1. The fraction of sp³-hybridized carbons (Fsp3) is 0.562. The molecule has 2 atom stereocenters. The lowest BCUT2D eigenvalue weighted by atomic mass is 10.1. The van der Waals surface area contributed by atoms with Gasteiger partial charge in [-0.1, -0.05) is 23.7 Å². The molecule has 3 rings (SSSR count). The van der Waals surface area contributed by atoms with Gasteiger partial charge in [-0.15, -0.1) is 12.4 Å². The van der Waals surface area contributed by atoms with Gasteiger partial charge in [0.25, 0.3) is 0 Å². The van der Waals surface area contributed by atoms with Crippen LogP contribution in [-0.2, 0) is 11.3 Å². The predicted molar refractivity (Wildman–Crippen MR) is 87.6 cm³/mol. The molecule has 21 heavy (non-hydrogen) atoms. The monoisotopic (exact) mass is 328 g/mol. The summed E-state index contributed by atoms with van der Waals surface area (Å²) in [6, 6.07) is 8.43. The minimum Gasteiger partial charge on any atom is -0.335 e. The van der Waals surface area contributed by atoms with Gasteiger partial charge >= 0.3 is 0 Å². The number of nitrogens with two attached hydrogens (primary N) is 1. The van der Waals surface area contributed by atoms with Crippen molar-refractivity contribution in [3.05, 3.63) is 34.9 Å². The molecule has 0 radical (unpaired) electrons. The van der Waals surface area contributed by atoms with Gasteiger partial charge in [0.1, 0.15) is 0 Å². The normalized spacial score (nSPS) is 24.5. The number of amides is 1. The van der Waals surface area contributed by atoms with E-state index in [4.69, 9.17) is 17.3 Å². The van der Waals surface area contributed by atoms with E-state index in [2.05, 4.69) is 4.90 Å². The summed E-state index contributed by atoms with van der Waals surface area (Å²) < 4.78 is 0. The van der Waals surface area contributed by atoms with Crippen molar-refractivity contribution in [1.82, 2.24) is 4.90 Å². The molecule has 0 aliphatic heterocycles. The summed E-state index contributed by atoms with van der Waals surface area (Å²) in [7, 11) is 0. The highest BCUT2D eigenvalue weighted by Crippen LogP contribution is 2.33. The molecule has 0 bridgehead atoms. The summed E-state index contributed by atoms with van der Waals surface area (Å²) in [6.45, 7) is 0.701. The van der Waals surface area contributed by atoms with Gasteiger partial charge in [-0.25, -0.2) is 0 Å². The topological polar surface area (TPSA) is 46.3 Å². The second kappa shape index (κ2) is 6.99. The van der Waals surface area contributed by atoms with Crippen molar-refractivity contribution in [2.75, 3.05) is 0 Å². The van der Waals surface area contributed by atoms with Crippen LogP contribution in [0.1, 0.15) is 37.7 Å². The average Bonchev–Trinajstić information content (AvgIpc) is 3.19. The number of hydrogen-bond donors (Lipinski definition) is 1. The van der Waals surface area contributed by atoms with E-state index in [1.165, 1.54) is 0 Å². The SMILES string of the molecule is Cl.NC1CCC(C(=O)N(Cc2ccc(Cl)cc2)C2CC2)C1. The average molecular weight is 329 g/mol. The van der Waals surface area contributed by atoms with E-state index in [1.54, 1.807) is 0 Å². The third-order valence-electron chi connectivity index (χ3n) is 4.36. The van der Waals surface area contributed by atoms with Crippen LogP contribution in [0.4, 0.5) is 0 Å². The number of carbonyl (C=O) groups excluding carboxylic acids is 1. The molecule has 0 aromatic heterocycles. The zero-order valence-corrected chi connectivity index (χ0v) is 13.6. The van der Waals surface area contributed by atoms with Crippen LogP contribution in [0.2, 0.25) is 5.02 Å². The number of nitrogens with zero attached hydrogens (tertiary/aromatic N) is 1. The molecule has 0 spiro atoms. The van der Waals surface area contributed by atoms with E-state index in [0.29, 0.717) is 18.5 Å². The number of carbonyl (C=O) groups is 1. The van der Waals surface area contributed by atoms with Crippen molar-refractivity contribution >= 4 is 29.9 Å². The van der Waals surface area contributed by atoms with E-state index >= 15 is 0 Å². The Morgan fingerprint density at radius 1 is 1.19 bits per heavy atom. The Labute approximate surface area is 137 Å². The van der Waals surface area contributed by atoms with Crippen molar-refractivity contribution in [1.29, 1.82) is 0 Å². The molecule has 2 unspecified atom stereocenters. The maximum absolute atomic E-state index is 12.7. The van der Waals surface area contributed by atoms with Gasteiger partial charge in [-0.05, 0) is 49.8 Å². The first-order valence-electron chi connectivity index (χ1n) is 7.44. The summed E-state index contributed by atoms with van der Waals surface area (Å²) in [5.74, 6) is 0.438. The van der Waals surface area contributed by atoms with E-state index in [-0.39, 0.29) is 24.4 Å². The van der Waals surface area contributed by atoms with Gasteiger partial charge in [0.05, 0.1) is 0 Å². The second-order valence-electron chi connectivity index (χ2n) is 6.09. The van der Waals surface area contributed by atoms with Crippen LogP contribution in [0.25, 0.3) is 0 Å². The smallest absolute Gasteiger partial charge is 0.226 e. The Morgan fingerprint density at radius 3 is 2.38 bits per heavy atom. The highest BCUT2D eigenvalue weighted by atomic mass is 35.5. The number of halogens is 2. The molecule has 1 amide bonds. The standard InChI is InChI=1S/C16H21ClN2O.ClH/c17-13-4-1-11(2-5-13)10-19(15-7-8-15)16(20)12-3-6-14(18)9-12;/h1-2,4-5,12,14-15H,3,6-10,18H2;1H. The van der Waals surface area contributed by atoms with E-state index in [9.17, 15) is 4.79 Å². The molecule has 2 aliphatic carbocycles. The number of hydrogen-bond acceptors (Lipinski definition) is 2. The Bertz CT molecular complexity index is 488. The molecular formula is C16H22Cl2N2O. The maximum atomic E-state index is 12.7. The van der Waals surface area contributed by atoms with Crippen molar-refractivity contribution in [2.24, 2.45) is 11.7 Å². The lowest BCUT2D eigenvalue weighted by Gasteiger charge is -2.26. The van der Waals surface area contributed by atoms with Gasteiger partial charge < -0.3 is 10.6 Å². The lowest BCUT2D eigenvalue weighted by molar-refractivity contribution is -0.136. The van der Waals surface area contributed by atoms with Gasteiger partial charge in [-0.3, -0.25) is 4.79 Å². The molecule has 116 valence electrons. The predicted octanol–water partition coefficient (Wildman–Crippen LogP) is 3.38. The third kappa shape index (κ3) is 4.12. The summed E-state index contributed by atoms with van der Waals surface area (Å²) in [4.78, 5) is 14.7. The molecule has 5 heteroatoms. The van der Waals surface area contributed by atoms with Gasteiger partial charge in [0.2, 0.25) is 5.91 Å². The Hall–Kier alpha value is -0.770. The van der Waals surface area contributed by atoms with Crippen LogP contribution < -0.4 is 5.73 Å². The van der Waals surface area contributed by atoms with Crippen molar-refractivity contribution < 1.29 is 4.79 Å². The minimum atomic E-state index is 0. The Kier molecular flexibility index (Phi) is 5.53. The lowest BCUT2D eigenvalue weighted by Crippen LogP contribution is -2.37. The highest BCUT2D eigenvalue weighted by molar-refractivity contribution is 6.30. The minimum absolute atomic E-state index is 0. The summed E-state index contributed by atoms with van der Waals surface area (Å²) in [5.41, 5.74) is 7.09. The zero-order valence-electron chi connectivity index (χ0n) is 12.0. The first-order valence-corrected chi connectivity index (χ1v) is 7.82. The molecular weight excluding hydrogens is 307 g/mol. The Morgan fingerprint density at radius 2 is 1.86 bits per heavy atom. The fourth-order valence-corrected chi connectivity index (χ4v) is 3.16. The molecule has 0 heterocycles. The number of benzene rings is 1. The molecule has 3 nitrogen and oxygen atoms in total. The molecule has 0 saturated heterocycles. The highest BCUT2D eigenvalue weighted by Gasteiger charge is 2.37. The van der Waals surface area contributed by atoms with Crippen LogP contribution >= 0.6 is 24.0 Å². The van der Waals surface area contributed by atoms with E-state index < -0.39 is 0 Å². The fourth-order valence-electron chi connectivity index (χ4n) is 3.03. The van der Waals surface area contributed by atoms with Crippen LogP contribution in [-0.4, -0.2) is 22.9 Å². The largest absolute Gasteiger partial charge is 0.335 e. The first-order chi connectivity index (χ1) is 9.63. The quantitative estimate of drug-likeness (QED) is 0.920.